The lowest BCUT2D eigenvalue weighted by atomic mass is 10.1. The Labute approximate surface area is 102 Å². The molecule has 0 unspecified atom stereocenters. The van der Waals surface area contributed by atoms with Crippen molar-refractivity contribution in [2.75, 3.05) is 0 Å². The maximum absolute atomic E-state index is 11.3. The van der Waals surface area contributed by atoms with Crippen LogP contribution in [0.4, 0.5) is 4.79 Å². The summed E-state index contributed by atoms with van der Waals surface area (Å²) in [7, 11) is 0. The summed E-state index contributed by atoms with van der Waals surface area (Å²) in [5, 5.41) is 0. The van der Waals surface area contributed by atoms with Gasteiger partial charge in [-0.05, 0) is 38.8 Å². The zero-order chi connectivity index (χ0) is 12.9. The molecule has 0 heterocycles. The first-order valence-electron chi connectivity index (χ1n) is 5.65. The van der Waals surface area contributed by atoms with Gasteiger partial charge in [0.05, 0.1) is 0 Å². The predicted octanol–water partition coefficient (Wildman–Crippen LogP) is 2.52. The van der Waals surface area contributed by atoms with Crippen molar-refractivity contribution in [3.63, 3.8) is 0 Å². The Kier molecular flexibility index (Phi) is 4.52. The van der Waals surface area contributed by atoms with Crippen LogP contribution in [-0.2, 0) is 11.3 Å². The van der Waals surface area contributed by atoms with Crippen molar-refractivity contribution in [2.24, 2.45) is 0 Å². The summed E-state index contributed by atoms with van der Waals surface area (Å²) in [6, 6.07) is 8.00. The van der Waals surface area contributed by atoms with Crippen LogP contribution in [0.1, 0.15) is 31.9 Å². The molecular weight excluding hydrogens is 216 g/mol. The number of hydrogen-bond donors (Lipinski definition) is 2. The van der Waals surface area contributed by atoms with Crippen LogP contribution < -0.4 is 10.9 Å². The van der Waals surface area contributed by atoms with Crippen LogP contribution in [0, 0.1) is 6.92 Å². The minimum atomic E-state index is -0.478. The molecule has 0 saturated heterocycles. The van der Waals surface area contributed by atoms with E-state index < -0.39 is 11.7 Å². The molecule has 1 amide bonds. The van der Waals surface area contributed by atoms with Gasteiger partial charge in [-0.25, -0.2) is 10.2 Å². The third kappa shape index (κ3) is 5.36. The Morgan fingerprint density at radius 1 is 1.29 bits per heavy atom. The van der Waals surface area contributed by atoms with Crippen LogP contribution in [0.25, 0.3) is 0 Å². The third-order valence-electron chi connectivity index (χ3n) is 2.13. The van der Waals surface area contributed by atoms with E-state index in [9.17, 15) is 4.79 Å². The highest BCUT2D eigenvalue weighted by Crippen LogP contribution is 2.07. The summed E-state index contributed by atoms with van der Waals surface area (Å²) in [5.74, 6) is 0. The molecule has 0 aliphatic carbocycles. The molecule has 1 aromatic rings. The van der Waals surface area contributed by atoms with Crippen molar-refractivity contribution in [3.8, 4) is 0 Å². The van der Waals surface area contributed by atoms with Gasteiger partial charge in [0.25, 0.3) is 0 Å². The van der Waals surface area contributed by atoms with Crippen molar-refractivity contribution < 1.29 is 9.53 Å². The molecule has 0 atom stereocenters. The second-order valence-electron chi connectivity index (χ2n) is 4.91. The highest BCUT2D eigenvalue weighted by Gasteiger charge is 2.15. The van der Waals surface area contributed by atoms with Gasteiger partial charge in [0.15, 0.2) is 0 Å². The molecule has 0 radical (unpaired) electrons. The summed E-state index contributed by atoms with van der Waals surface area (Å²) in [5.41, 5.74) is 7.19. The fraction of sp³-hybridized carbons (Fsp3) is 0.462. The van der Waals surface area contributed by atoms with Gasteiger partial charge in [0.2, 0.25) is 0 Å². The van der Waals surface area contributed by atoms with Crippen LogP contribution in [-0.4, -0.2) is 11.7 Å². The first-order chi connectivity index (χ1) is 7.88. The Hall–Kier alpha value is -1.55. The van der Waals surface area contributed by atoms with E-state index in [2.05, 4.69) is 10.9 Å². The summed E-state index contributed by atoms with van der Waals surface area (Å²) in [4.78, 5) is 11.3. The van der Waals surface area contributed by atoms with Crippen molar-refractivity contribution in [1.82, 2.24) is 10.9 Å². The average Bonchev–Trinajstić information content (AvgIpc) is 2.18. The zero-order valence-electron chi connectivity index (χ0n) is 10.8. The maximum atomic E-state index is 11.3. The second-order valence-corrected chi connectivity index (χ2v) is 4.91. The summed E-state index contributed by atoms with van der Waals surface area (Å²) in [6.45, 7) is 8.09. The van der Waals surface area contributed by atoms with Crippen molar-refractivity contribution in [1.29, 1.82) is 0 Å². The number of amides is 1. The van der Waals surface area contributed by atoms with Crippen LogP contribution in [0.5, 0.6) is 0 Å². The number of hydrazine groups is 1. The van der Waals surface area contributed by atoms with E-state index in [1.165, 1.54) is 5.56 Å². The highest BCUT2D eigenvalue weighted by molar-refractivity contribution is 5.66. The lowest BCUT2D eigenvalue weighted by Crippen LogP contribution is -2.40. The molecule has 0 bridgehead atoms. The molecule has 0 saturated carbocycles. The minimum Gasteiger partial charge on any atom is -0.443 e. The topological polar surface area (TPSA) is 50.4 Å². The van der Waals surface area contributed by atoms with E-state index in [-0.39, 0.29) is 0 Å². The van der Waals surface area contributed by atoms with E-state index in [1.807, 2.05) is 52.0 Å². The highest BCUT2D eigenvalue weighted by atomic mass is 16.6. The quantitative estimate of drug-likeness (QED) is 0.793. The first kappa shape index (κ1) is 13.5. The van der Waals surface area contributed by atoms with Gasteiger partial charge in [-0.1, -0.05) is 24.3 Å². The number of benzene rings is 1. The van der Waals surface area contributed by atoms with Gasteiger partial charge in [-0.2, -0.15) is 0 Å². The minimum absolute atomic E-state index is 0.467. The number of carbonyl (C=O) groups excluding carboxylic acids is 1. The SMILES string of the molecule is Cc1ccccc1CNNC(=O)OC(C)(C)C. The molecule has 0 aliphatic rings. The Morgan fingerprint density at radius 3 is 2.53 bits per heavy atom. The first-order valence-corrected chi connectivity index (χ1v) is 5.65. The standard InChI is InChI=1S/C13H20N2O2/c1-10-7-5-6-8-11(10)9-14-15-12(16)17-13(2,3)4/h5-8,14H,9H2,1-4H3,(H,15,16). The molecule has 0 aromatic heterocycles. The number of nitrogens with one attached hydrogen (secondary N) is 2. The Bertz CT molecular complexity index is 383. The molecule has 1 aromatic carbocycles. The number of rotatable bonds is 3. The van der Waals surface area contributed by atoms with Crippen LogP contribution in [0.2, 0.25) is 0 Å². The molecule has 2 N–H and O–H groups in total. The van der Waals surface area contributed by atoms with Crippen LogP contribution in [0.15, 0.2) is 24.3 Å². The smallest absolute Gasteiger partial charge is 0.422 e. The van der Waals surface area contributed by atoms with Gasteiger partial charge < -0.3 is 4.74 Å². The number of aryl methyl sites for hydroxylation is 1. The summed E-state index contributed by atoms with van der Waals surface area (Å²) < 4.78 is 5.09. The van der Waals surface area contributed by atoms with Gasteiger partial charge in [0, 0.05) is 6.54 Å². The van der Waals surface area contributed by atoms with Gasteiger partial charge in [-0.3, -0.25) is 5.43 Å². The number of carbonyl (C=O) groups is 1. The fourth-order valence-corrected chi connectivity index (χ4v) is 1.32. The molecule has 4 nitrogen and oxygen atoms in total. The molecular formula is C13H20N2O2. The van der Waals surface area contributed by atoms with Gasteiger partial charge in [0.1, 0.15) is 5.60 Å². The molecule has 1 rings (SSSR count). The molecule has 0 spiro atoms. The fourth-order valence-electron chi connectivity index (χ4n) is 1.32. The van der Waals surface area contributed by atoms with E-state index >= 15 is 0 Å². The largest absolute Gasteiger partial charge is 0.443 e. The van der Waals surface area contributed by atoms with Crippen molar-refractivity contribution in [3.05, 3.63) is 35.4 Å². The van der Waals surface area contributed by atoms with E-state index in [1.54, 1.807) is 0 Å². The normalized spacial score (nSPS) is 11.1. The third-order valence-corrected chi connectivity index (χ3v) is 2.13. The summed E-state index contributed by atoms with van der Waals surface area (Å²) >= 11 is 0. The second kappa shape index (κ2) is 5.68. The Morgan fingerprint density at radius 2 is 1.94 bits per heavy atom. The maximum Gasteiger partial charge on any atom is 0.422 e. The Balaban J connectivity index is 2.34. The van der Waals surface area contributed by atoms with Crippen LogP contribution >= 0.6 is 0 Å². The predicted molar refractivity (Wildman–Crippen MR) is 67.4 cm³/mol. The lowest BCUT2D eigenvalue weighted by molar-refractivity contribution is 0.0497. The number of hydrogen-bond acceptors (Lipinski definition) is 3. The molecule has 0 aliphatic heterocycles. The van der Waals surface area contributed by atoms with E-state index in [0.717, 1.165) is 5.56 Å². The molecule has 94 valence electrons. The van der Waals surface area contributed by atoms with Crippen molar-refractivity contribution >= 4 is 6.09 Å². The number of ether oxygens (including phenoxy) is 1. The monoisotopic (exact) mass is 236 g/mol. The van der Waals surface area contributed by atoms with Gasteiger partial charge in [-0.15, -0.1) is 0 Å². The van der Waals surface area contributed by atoms with Gasteiger partial charge >= 0.3 is 6.09 Å². The van der Waals surface area contributed by atoms with E-state index in [0.29, 0.717) is 6.54 Å². The molecule has 17 heavy (non-hydrogen) atoms. The van der Waals surface area contributed by atoms with E-state index in [4.69, 9.17) is 4.74 Å². The lowest BCUT2D eigenvalue weighted by Gasteiger charge is -2.20. The molecule has 4 heteroatoms. The molecule has 0 fully saturated rings. The summed E-state index contributed by atoms with van der Waals surface area (Å²) in [6.07, 6.45) is -0.467. The zero-order valence-corrected chi connectivity index (χ0v) is 10.8. The van der Waals surface area contributed by atoms with Crippen molar-refractivity contribution in [2.45, 2.75) is 39.8 Å². The van der Waals surface area contributed by atoms with Crippen LogP contribution in [0.3, 0.4) is 0 Å². The average molecular weight is 236 g/mol.